The van der Waals surface area contributed by atoms with Gasteiger partial charge in [0.2, 0.25) is 5.91 Å². The van der Waals surface area contributed by atoms with Crippen molar-refractivity contribution in [3.63, 3.8) is 0 Å². The Balaban J connectivity index is 2.39. The van der Waals surface area contributed by atoms with E-state index in [1.54, 1.807) is 6.20 Å². The monoisotopic (exact) mass is 255 g/mol. The third-order valence-electron chi connectivity index (χ3n) is 2.23. The van der Waals surface area contributed by atoms with Crippen molar-refractivity contribution in [3.05, 3.63) is 29.0 Å². The van der Waals surface area contributed by atoms with Crippen molar-refractivity contribution >= 4 is 17.5 Å². The van der Waals surface area contributed by atoms with Crippen LogP contribution >= 0.6 is 11.6 Å². The number of halogens is 1. The summed E-state index contributed by atoms with van der Waals surface area (Å²) in [4.78, 5) is 17.3. The Morgan fingerprint density at radius 3 is 3.00 bits per heavy atom. The molecule has 0 saturated heterocycles. The van der Waals surface area contributed by atoms with Gasteiger partial charge in [-0.15, -0.1) is 0 Å². The molecule has 1 aromatic rings. The second-order valence-corrected chi connectivity index (χ2v) is 4.40. The van der Waals surface area contributed by atoms with Crippen molar-refractivity contribution in [1.82, 2.24) is 15.2 Å². The first-order valence-electron chi connectivity index (χ1n) is 5.67. The van der Waals surface area contributed by atoms with E-state index in [-0.39, 0.29) is 5.91 Å². The van der Waals surface area contributed by atoms with Crippen molar-refractivity contribution < 1.29 is 4.79 Å². The summed E-state index contributed by atoms with van der Waals surface area (Å²) in [6.45, 7) is 3.83. The number of rotatable bonds is 6. The zero-order valence-corrected chi connectivity index (χ0v) is 11.0. The first-order valence-corrected chi connectivity index (χ1v) is 6.05. The molecular weight excluding hydrogens is 238 g/mol. The van der Waals surface area contributed by atoms with Crippen LogP contribution in [0.3, 0.4) is 0 Å². The fraction of sp³-hybridized carbons (Fsp3) is 0.500. The third-order valence-corrected chi connectivity index (χ3v) is 2.44. The number of likely N-dealkylation sites (N-methyl/N-ethyl adjacent to an activating group) is 1. The minimum atomic E-state index is 0.0505. The van der Waals surface area contributed by atoms with Gasteiger partial charge in [-0.2, -0.15) is 0 Å². The van der Waals surface area contributed by atoms with E-state index >= 15 is 0 Å². The average Bonchev–Trinajstić information content (AvgIpc) is 2.26. The highest BCUT2D eigenvalue weighted by Crippen LogP contribution is 2.08. The molecule has 0 atom stereocenters. The standard InChI is InChI=1S/C12H18ClN3O/c1-3-5-15-12(17)9-16(2)8-10-4-6-14-11(13)7-10/h4,6-7H,3,5,8-9H2,1-2H3,(H,15,17). The first kappa shape index (κ1) is 13.9. The summed E-state index contributed by atoms with van der Waals surface area (Å²) in [5.74, 6) is 0.0505. The van der Waals surface area contributed by atoms with Gasteiger partial charge in [-0.05, 0) is 31.2 Å². The molecule has 0 unspecified atom stereocenters. The molecule has 4 nitrogen and oxygen atoms in total. The Hall–Kier alpha value is -1.13. The van der Waals surface area contributed by atoms with E-state index < -0.39 is 0 Å². The lowest BCUT2D eigenvalue weighted by molar-refractivity contribution is -0.122. The SMILES string of the molecule is CCCNC(=O)CN(C)Cc1ccnc(Cl)c1. The fourth-order valence-corrected chi connectivity index (χ4v) is 1.67. The number of nitrogens with zero attached hydrogens (tertiary/aromatic N) is 2. The molecule has 0 saturated carbocycles. The molecule has 17 heavy (non-hydrogen) atoms. The summed E-state index contributed by atoms with van der Waals surface area (Å²) < 4.78 is 0. The molecule has 5 heteroatoms. The number of pyridine rings is 1. The molecule has 0 aliphatic carbocycles. The van der Waals surface area contributed by atoms with Gasteiger partial charge in [0.1, 0.15) is 5.15 Å². The number of carbonyl (C=O) groups is 1. The lowest BCUT2D eigenvalue weighted by Crippen LogP contribution is -2.35. The van der Waals surface area contributed by atoms with Crippen LogP contribution in [0.1, 0.15) is 18.9 Å². The van der Waals surface area contributed by atoms with Crippen molar-refractivity contribution in [2.45, 2.75) is 19.9 Å². The van der Waals surface area contributed by atoms with Crippen LogP contribution in [0.5, 0.6) is 0 Å². The van der Waals surface area contributed by atoms with E-state index in [1.165, 1.54) is 0 Å². The molecular formula is C12H18ClN3O. The number of amides is 1. The van der Waals surface area contributed by atoms with E-state index in [0.717, 1.165) is 18.5 Å². The lowest BCUT2D eigenvalue weighted by Gasteiger charge is -2.16. The quantitative estimate of drug-likeness (QED) is 0.787. The number of nitrogens with one attached hydrogen (secondary N) is 1. The maximum Gasteiger partial charge on any atom is 0.234 e. The van der Waals surface area contributed by atoms with Gasteiger partial charge in [0.05, 0.1) is 6.54 Å². The number of aromatic nitrogens is 1. The minimum Gasteiger partial charge on any atom is -0.355 e. The topological polar surface area (TPSA) is 45.2 Å². The number of hydrogen-bond acceptors (Lipinski definition) is 3. The Morgan fingerprint density at radius 2 is 2.35 bits per heavy atom. The predicted molar refractivity (Wildman–Crippen MR) is 68.9 cm³/mol. The van der Waals surface area contributed by atoms with E-state index in [1.807, 2.05) is 31.0 Å². The molecule has 0 aliphatic heterocycles. The van der Waals surface area contributed by atoms with Gasteiger partial charge < -0.3 is 5.32 Å². The van der Waals surface area contributed by atoms with Crippen LogP contribution in [-0.2, 0) is 11.3 Å². The highest BCUT2D eigenvalue weighted by molar-refractivity contribution is 6.29. The van der Waals surface area contributed by atoms with E-state index in [9.17, 15) is 4.79 Å². The Labute approximate surface area is 107 Å². The van der Waals surface area contributed by atoms with Crippen LogP contribution in [0.25, 0.3) is 0 Å². The molecule has 0 aromatic carbocycles. The molecule has 1 aromatic heterocycles. The van der Waals surface area contributed by atoms with Crippen molar-refractivity contribution in [3.8, 4) is 0 Å². The maximum atomic E-state index is 11.5. The summed E-state index contributed by atoms with van der Waals surface area (Å²) >= 11 is 5.79. The smallest absolute Gasteiger partial charge is 0.234 e. The van der Waals surface area contributed by atoms with Gasteiger partial charge in [-0.1, -0.05) is 18.5 Å². The van der Waals surface area contributed by atoms with Crippen molar-refractivity contribution in [2.24, 2.45) is 0 Å². The van der Waals surface area contributed by atoms with Gasteiger partial charge in [-0.25, -0.2) is 4.98 Å². The van der Waals surface area contributed by atoms with E-state index in [0.29, 0.717) is 18.2 Å². The molecule has 1 amide bonds. The molecule has 1 heterocycles. The molecule has 0 spiro atoms. The molecule has 0 fully saturated rings. The molecule has 1 N–H and O–H groups in total. The molecule has 0 radical (unpaired) electrons. The highest BCUT2D eigenvalue weighted by Gasteiger charge is 2.06. The Kier molecular flexibility index (Phi) is 5.94. The summed E-state index contributed by atoms with van der Waals surface area (Å²) in [6.07, 6.45) is 2.62. The van der Waals surface area contributed by atoms with Crippen LogP contribution in [-0.4, -0.2) is 35.9 Å². The fourth-order valence-electron chi connectivity index (χ4n) is 1.47. The van der Waals surface area contributed by atoms with Crippen LogP contribution in [0.4, 0.5) is 0 Å². The number of carbonyl (C=O) groups excluding carboxylic acids is 1. The molecule has 0 bridgehead atoms. The largest absolute Gasteiger partial charge is 0.355 e. The summed E-state index contributed by atoms with van der Waals surface area (Å²) in [5.41, 5.74) is 1.05. The summed E-state index contributed by atoms with van der Waals surface area (Å²) in [6, 6.07) is 3.70. The van der Waals surface area contributed by atoms with Crippen molar-refractivity contribution in [1.29, 1.82) is 0 Å². The Morgan fingerprint density at radius 1 is 1.59 bits per heavy atom. The molecule has 94 valence electrons. The first-order chi connectivity index (χ1) is 8.11. The number of hydrogen-bond donors (Lipinski definition) is 1. The maximum absolute atomic E-state index is 11.5. The van der Waals surface area contributed by atoms with Crippen LogP contribution in [0, 0.1) is 0 Å². The van der Waals surface area contributed by atoms with Gasteiger partial charge >= 0.3 is 0 Å². The highest BCUT2D eigenvalue weighted by atomic mass is 35.5. The zero-order chi connectivity index (χ0) is 12.7. The Bertz CT molecular complexity index is 371. The normalized spacial score (nSPS) is 10.6. The second-order valence-electron chi connectivity index (χ2n) is 4.01. The van der Waals surface area contributed by atoms with Gasteiger partial charge in [0, 0.05) is 19.3 Å². The molecule has 1 rings (SSSR count). The van der Waals surface area contributed by atoms with Crippen molar-refractivity contribution in [2.75, 3.05) is 20.1 Å². The van der Waals surface area contributed by atoms with E-state index in [2.05, 4.69) is 10.3 Å². The van der Waals surface area contributed by atoms with Gasteiger partial charge in [0.15, 0.2) is 0 Å². The van der Waals surface area contributed by atoms with Gasteiger partial charge in [0.25, 0.3) is 0 Å². The second kappa shape index (κ2) is 7.25. The third kappa shape index (κ3) is 5.65. The predicted octanol–water partition coefficient (Wildman–Crippen LogP) is 1.69. The lowest BCUT2D eigenvalue weighted by atomic mass is 10.2. The minimum absolute atomic E-state index is 0.0505. The van der Waals surface area contributed by atoms with Gasteiger partial charge in [-0.3, -0.25) is 9.69 Å². The summed E-state index contributed by atoms with van der Waals surface area (Å²) in [5, 5.41) is 3.32. The summed E-state index contributed by atoms with van der Waals surface area (Å²) in [7, 11) is 1.90. The van der Waals surface area contributed by atoms with Crippen LogP contribution in [0.15, 0.2) is 18.3 Å². The van der Waals surface area contributed by atoms with E-state index in [4.69, 9.17) is 11.6 Å². The van der Waals surface area contributed by atoms with Crippen LogP contribution < -0.4 is 5.32 Å². The zero-order valence-electron chi connectivity index (χ0n) is 10.2. The average molecular weight is 256 g/mol. The van der Waals surface area contributed by atoms with Crippen LogP contribution in [0.2, 0.25) is 5.15 Å². The molecule has 0 aliphatic rings.